The molecule has 3 aromatic rings. The Hall–Kier alpha value is -2.80. The van der Waals surface area contributed by atoms with Crippen molar-refractivity contribution in [3.8, 4) is 5.88 Å². The molecule has 0 bridgehead atoms. The van der Waals surface area contributed by atoms with E-state index in [1.807, 2.05) is 35.7 Å². The summed E-state index contributed by atoms with van der Waals surface area (Å²) >= 11 is 1.38. The van der Waals surface area contributed by atoms with Gasteiger partial charge < -0.3 is 4.74 Å². The molecule has 0 saturated carbocycles. The van der Waals surface area contributed by atoms with E-state index in [1.165, 1.54) is 24.0 Å². The van der Waals surface area contributed by atoms with Gasteiger partial charge in [0, 0.05) is 17.9 Å². The lowest BCUT2D eigenvalue weighted by Crippen LogP contribution is -2.14. The quantitative estimate of drug-likeness (QED) is 0.780. The number of methoxy groups -OCH3 is 1. The lowest BCUT2D eigenvalue weighted by Gasteiger charge is -2.01. The van der Waals surface area contributed by atoms with E-state index in [2.05, 4.69) is 20.5 Å². The van der Waals surface area contributed by atoms with Gasteiger partial charge in [-0.25, -0.2) is 4.98 Å². The van der Waals surface area contributed by atoms with Gasteiger partial charge in [0.05, 0.1) is 12.8 Å². The second-order valence-corrected chi connectivity index (χ2v) is 5.58. The van der Waals surface area contributed by atoms with E-state index in [9.17, 15) is 4.79 Å². The highest BCUT2D eigenvalue weighted by molar-refractivity contribution is 7.14. The van der Waals surface area contributed by atoms with Gasteiger partial charge >= 0.3 is 0 Å². The fourth-order valence-electron chi connectivity index (χ4n) is 1.96. The van der Waals surface area contributed by atoms with Crippen molar-refractivity contribution >= 4 is 22.4 Å². The lowest BCUT2D eigenvalue weighted by atomic mass is 10.1. The van der Waals surface area contributed by atoms with Gasteiger partial charge in [-0.05, 0) is 11.6 Å². The standard InChI is InChI=1S/C16H14N4O2S/c1-22-14-8-7-13(19-20-14)15(21)18-16-17-12(10-23-16)9-11-5-3-2-4-6-11/h2-8,10H,9H2,1H3,(H,17,18,21). The van der Waals surface area contributed by atoms with Crippen LogP contribution < -0.4 is 10.1 Å². The van der Waals surface area contributed by atoms with Gasteiger partial charge in [0.25, 0.3) is 5.91 Å². The third-order valence-corrected chi connectivity index (χ3v) is 3.89. The Labute approximate surface area is 137 Å². The third-order valence-electron chi connectivity index (χ3n) is 3.08. The third kappa shape index (κ3) is 3.89. The van der Waals surface area contributed by atoms with Gasteiger partial charge in [-0.15, -0.1) is 21.5 Å². The summed E-state index contributed by atoms with van der Waals surface area (Å²) in [7, 11) is 1.49. The fourth-order valence-corrected chi connectivity index (χ4v) is 2.67. The number of amides is 1. The summed E-state index contributed by atoms with van der Waals surface area (Å²) in [4.78, 5) is 16.5. The monoisotopic (exact) mass is 326 g/mol. The predicted octanol–water partition coefficient (Wildman–Crippen LogP) is 2.78. The molecule has 0 unspecified atom stereocenters. The van der Waals surface area contributed by atoms with E-state index in [4.69, 9.17) is 4.74 Å². The molecule has 6 nitrogen and oxygen atoms in total. The van der Waals surface area contributed by atoms with E-state index in [1.54, 1.807) is 12.1 Å². The number of hydrogen-bond donors (Lipinski definition) is 1. The number of ether oxygens (including phenoxy) is 1. The van der Waals surface area contributed by atoms with E-state index in [0.29, 0.717) is 11.0 Å². The first-order chi connectivity index (χ1) is 11.2. The van der Waals surface area contributed by atoms with Crippen LogP contribution in [-0.2, 0) is 6.42 Å². The average molecular weight is 326 g/mol. The molecule has 0 aliphatic heterocycles. The zero-order chi connectivity index (χ0) is 16.1. The summed E-state index contributed by atoms with van der Waals surface area (Å²) < 4.78 is 4.91. The van der Waals surface area contributed by atoms with Gasteiger partial charge in [-0.1, -0.05) is 30.3 Å². The molecule has 23 heavy (non-hydrogen) atoms. The zero-order valence-electron chi connectivity index (χ0n) is 12.4. The number of nitrogens with one attached hydrogen (secondary N) is 1. The predicted molar refractivity (Wildman–Crippen MR) is 87.9 cm³/mol. The van der Waals surface area contributed by atoms with Crippen LogP contribution >= 0.6 is 11.3 Å². The van der Waals surface area contributed by atoms with Crippen LogP contribution in [0.5, 0.6) is 5.88 Å². The highest BCUT2D eigenvalue weighted by Crippen LogP contribution is 2.18. The molecular weight excluding hydrogens is 312 g/mol. The molecule has 0 atom stereocenters. The van der Waals surface area contributed by atoms with Crippen LogP contribution in [0.25, 0.3) is 0 Å². The van der Waals surface area contributed by atoms with Gasteiger partial charge in [-0.3, -0.25) is 10.1 Å². The molecule has 3 rings (SSSR count). The minimum Gasteiger partial charge on any atom is -0.480 e. The summed E-state index contributed by atoms with van der Waals surface area (Å²) in [5.74, 6) is 0.0155. The van der Waals surface area contributed by atoms with Crippen molar-refractivity contribution in [1.82, 2.24) is 15.2 Å². The van der Waals surface area contributed by atoms with Crippen LogP contribution in [0.3, 0.4) is 0 Å². The van der Waals surface area contributed by atoms with Gasteiger partial charge in [-0.2, -0.15) is 0 Å². The number of carbonyl (C=O) groups is 1. The second kappa shape index (κ2) is 6.97. The van der Waals surface area contributed by atoms with E-state index < -0.39 is 0 Å². The summed E-state index contributed by atoms with van der Waals surface area (Å²) in [5, 5.41) is 12.8. The molecule has 0 radical (unpaired) electrons. The molecule has 0 saturated heterocycles. The second-order valence-electron chi connectivity index (χ2n) is 4.72. The minimum absolute atomic E-state index is 0.214. The number of thiazole rings is 1. The molecule has 1 N–H and O–H groups in total. The van der Waals surface area contributed by atoms with Crippen LogP contribution in [0.2, 0.25) is 0 Å². The molecule has 7 heteroatoms. The molecule has 1 amide bonds. The lowest BCUT2D eigenvalue weighted by molar-refractivity contribution is 0.102. The number of rotatable bonds is 5. The van der Waals surface area contributed by atoms with Crippen molar-refractivity contribution < 1.29 is 9.53 Å². The first-order valence-electron chi connectivity index (χ1n) is 6.92. The molecular formula is C16H14N4O2S. The maximum absolute atomic E-state index is 12.1. The molecule has 0 aliphatic rings. The Morgan fingerprint density at radius 3 is 2.70 bits per heavy atom. The fraction of sp³-hybridized carbons (Fsp3) is 0.125. The SMILES string of the molecule is COc1ccc(C(=O)Nc2nc(Cc3ccccc3)cs2)nn1. The van der Waals surface area contributed by atoms with E-state index >= 15 is 0 Å². The molecule has 0 fully saturated rings. The number of aromatic nitrogens is 3. The van der Waals surface area contributed by atoms with Crippen LogP contribution in [0.1, 0.15) is 21.7 Å². The van der Waals surface area contributed by atoms with Gasteiger partial charge in [0.15, 0.2) is 10.8 Å². The molecule has 2 aromatic heterocycles. The van der Waals surface area contributed by atoms with Crippen LogP contribution in [0.4, 0.5) is 5.13 Å². The van der Waals surface area contributed by atoms with Gasteiger partial charge in [0.1, 0.15) is 0 Å². The number of nitrogens with zero attached hydrogens (tertiary/aromatic N) is 3. The summed E-state index contributed by atoms with van der Waals surface area (Å²) in [6, 6.07) is 13.2. The molecule has 2 heterocycles. The number of anilines is 1. The number of hydrogen-bond acceptors (Lipinski definition) is 6. The Balaban J connectivity index is 1.65. The first-order valence-corrected chi connectivity index (χ1v) is 7.80. The van der Waals surface area contributed by atoms with Crippen LogP contribution in [0, 0.1) is 0 Å². The van der Waals surface area contributed by atoms with Crippen molar-refractivity contribution in [2.45, 2.75) is 6.42 Å². The summed E-state index contributed by atoms with van der Waals surface area (Å²) in [6.07, 6.45) is 0.732. The molecule has 0 aliphatic carbocycles. The Bertz CT molecular complexity index is 787. The van der Waals surface area contributed by atoms with Crippen molar-refractivity contribution in [1.29, 1.82) is 0 Å². The van der Waals surface area contributed by atoms with Crippen molar-refractivity contribution in [3.63, 3.8) is 0 Å². The zero-order valence-corrected chi connectivity index (χ0v) is 13.2. The largest absolute Gasteiger partial charge is 0.480 e. The normalized spacial score (nSPS) is 10.3. The Kier molecular flexibility index (Phi) is 4.58. The van der Waals surface area contributed by atoms with Crippen LogP contribution in [0.15, 0.2) is 47.8 Å². The topological polar surface area (TPSA) is 77.0 Å². The Morgan fingerprint density at radius 1 is 1.17 bits per heavy atom. The Morgan fingerprint density at radius 2 is 2.00 bits per heavy atom. The van der Waals surface area contributed by atoms with Gasteiger partial charge in [0.2, 0.25) is 5.88 Å². The highest BCUT2D eigenvalue weighted by Gasteiger charge is 2.11. The number of carbonyl (C=O) groups excluding carboxylic acids is 1. The smallest absolute Gasteiger partial charge is 0.277 e. The summed E-state index contributed by atoms with van der Waals surface area (Å²) in [6.45, 7) is 0. The maximum atomic E-state index is 12.1. The molecule has 0 spiro atoms. The summed E-state index contributed by atoms with van der Waals surface area (Å²) in [5.41, 5.74) is 2.31. The maximum Gasteiger partial charge on any atom is 0.277 e. The minimum atomic E-state index is -0.347. The first kappa shape index (κ1) is 15.1. The van der Waals surface area contributed by atoms with E-state index in [-0.39, 0.29) is 11.6 Å². The molecule has 1 aromatic carbocycles. The number of benzene rings is 1. The van der Waals surface area contributed by atoms with Crippen molar-refractivity contribution in [2.24, 2.45) is 0 Å². The van der Waals surface area contributed by atoms with Crippen molar-refractivity contribution in [3.05, 3.63) is 64.8 Å². The van der Waals surface area contributed by atoms with Crippen molar-refractivity contribution in [2.75, 3.05) is 12.4 Å². The van der Waals surface area contributed by atoms with E-state index in [0.717, 1.165) is 12.1 Å². The van der Waals surface area contributed by atoms with Crippen LogP contribution in [-0.4, -0.2) is 28.2 Å². The molecule has 116 valence electrons. The highest BCUT2D eigenvalue weighted by atomic mass is 32.1. The average Bonchev–Trinajstić information content (AvgIpc) is 3.02.